The van der Waals surface area contributed by atoms with Crippen molar-refractivity contribution in [3.8, 4) is 0 Å². The summed E-state index contributed by atoms with van der Waals surface area (Å²) in [5.74, 6) is -0.470. The Hall–Kier alpha value is -0.780. The Labute approximate surface area is 103 Å². The molecule has 3 rings (SSSR count). The SMILES string of the molecule is NC1C2CCC1C1CC(OC(=O)C(F)(F)F)CC21. The number of ether oxygens (including phenoxy) is 1. The average molecular weight is 263 g/mol. The molecule has 3 aliphatic rings. The van der Waals surface area contributed by atoms with E-state index in [2.05, 4.69) is 4.74 Å². The first kappa shape index (κ1) is 12.3. The second-order valence-electron chi connectivity index (χ2n) is 5.81. The number of carbonyl (C=O) groups is 1. The van der Waals surface area contributed by atoms with Crippen LogP contribution >= 0.6 is 0 Å². The third-order valence-corrected chi connectivity index (χ3v) is 5.05. The van der Waals surface area contributed by atoms with Crippen molar-refractivity contribution in [3.05, 3.63) is 0 Å². The normalized spacial score (nSPS) is 46.2. The van der Waals surface area contributed by atoms with Crippen LogP contribution in [-0.2, 0) is 9.53 Å². The van der Waals surface area contributed by atoms with Crippen LogP contribution < -0.4 is 5.73 Å². The van der Waals surface area contributed by atoms with Crippen LogP contribution in [0.25, 0.3) is 0 Å². The van der Waals surface area contributed by atoms with E-state index in [1.807, 2.05) is 0 Å². The lowest BCUT2D eigenvalue weighted by Crippen LogP contribution is -2.31. The van der Waals surface area contributed by atoms with Gasteiger partial charge in [-0.05, 0) is 49.4 Å². The van der Waals surface area contributed by atoms with E-state index < -0.39 is 18.2 Å². The van der Waals surface area contributed by atoms with Crippen LogP contribution in [0.3, 0.4) is 0 Å². The maximum absolute atomic E-state index is 12.1. The summed E-state index contributed by atoms with van der Waals surface area (Å²) < 4.78 is 40.9. The summed E-state index contributed by atoms with van der Waals surface area (Å²) in [6, 6.07) is 0.208. The quantitative estimate of drug-likeness (QED) is 0.735. The summed E-state index contributed by atoms with van der Waals surface area (Å²) in [5, 5.41) is 0. The molecule has 0 saturated heterocycles. The van der Waals surface area contributed by atoms with Gasteiger partial charge in [0.2, 0.25) is 0 Å². The Morgan fingerprint density at radius 1 is 1.06 bits per heavy atom. The highest BCUT2D eigenvalue weighted by molar-refractivity contribution is 5.75. The van der Waals surface area contributed by atoms with Gasteiger partial charge in [-0.3, -0.25) is 0 Å². The lowest BCUT2D eigenvalue weighted by molar-refractivity contribution is -0.204. The topological polar surface area (TPSA) is 52.3 Å². The van der Waals surface area contributed by atoms with Crippen LogP contribution in [0, 0.1) is 23.7 Å². The van der Waals surface area contributed by atoms with Gasteiger partial charge in [-0.25, -0.2) is 4.79 Å². The number of hydrogen-bond donors (Lipinski definition) is 1. The lowest BCUT2D eigenvalue weighted by Gasteiger charge is -2.22. The Kier molecular flexibility index (Phi) is 2.63. The molecule has 0 aliphatic heterocycles. The van der Waals surface area contributed by atoms with E-state index in [9.17, 15) is 18.0 Å². The third kappa shape index (κ3) is 1.73. The van der Waals surface area contributed by atoms with Crippen molar-refractivity contribution in [1.82, 2.24) is 0 Å². The zero-order chi connectivity index (χ0) is 13.1. The highest BCUT2D eigenvalue weighted by Gasteiger charge is 2.57. The standard InChI is InChI=1S/C12H16F3NO2/c13-12(14,15)11(17)18-5-3-8-6-1-2-7(10(6)16)9(8)4-5/h5-10H,1-4,16H2. The van der Waals surface area contributed by atoms with E-state index in [1.165, 1.54) is 0 Å². The van der Waals surface area contributed by atoms with Crippen molar-refractivity contribution >= 4 is 5.97 Å². The summed E-state index contributed by atoms with van der Waals surface area (Å²) in [4.78, 5) is 10.8. The monoisotopic (exact) mass is 263 g/mol. The molecule has 3 nitrogen and oxygen atoms in total. The molecule has 0 radical (unpaired) electrons. The van der Waals surface area contributed by atoms with E-state index in [0.717, 1.165) is 12.8 Å². The molecule has 0 heterocycles. The van der Waals surface area contributed by atoms with Crippen molar-refractivity contribution in [2.75, 3.05) is 0 Å². The molecular formula is C12H16F3NO2. The van der Waals surface area contributed by atoms with Crippen LogP contribution in [0.1, 0.15) is 25.7 Å². The maximum atomic E-state index is 12.1. The number of hydrogen-bond acceptors (Lipinski definition) is 3. The van der Waals surface area contributed by atoms with Crippen molar-refractivity contribution in [1.29, 1.82) is 0 Å². The molecule has 18 heavy (non-hydrogen) atoms. The summed E-state index contributed by atoms with van der Waals surface area (Å²) in [5.41, 5.74) is 6.10. The predicted molar refractivity (Wildman–Crippen MR) is 56.3 cm³/mol. The summed E-state index contributed by atoms with van der Waals surface area (Å²) >= 11 is 0. The van der Waals surface area contributed by atoms with Crippen molar-refractivity contribution in [2.24, 2.45) is 29.4 Å². The van der Waals surface area contributed by atoms with Crippen LogP contribution in [0.5, 0.6) is 0 Å². The van der Waals surface area contributed by atoms with Gasteiger partial charge >= 0.3 is 12.1 Å². The molecule has 3 saturated carbocycles. The molecule has 0 amide bonds. The summed E-state index contributed by atoms with van der Waals surface area (Å²) in [6.45, 7) is 0. The van der Waals surface area contributed by atoms with Gasteiger partial charge in [0.25, 0.3) is 0 Å². The van der Waals surface area contributed by atoms with Gasteiger partial charge in [-0.1, -0.05) is 0 Å². The molecule has 3 fully saturated rings. The average Bonchev–Trinajstić information content (AvgIpc) is 2.87. The number of carbonyl (C=O) groups excluding carboxylic acids is 1. The molecule has 4 unspecified atom stereocenters. The fraction of sp³-hybridized carbons (Fsp3) is 0.917. The van der Waals surface area contributed by atoms with E-state index in [-0.39, 0.29) is 6.04 Å². The van der Waals surface area contributed by atoms with Gasteiger partial charge in [0, 0.05) is 6.04 Å². The molecular weight excluding hydrogens is 247 g/mol. The molecule has 2 N–H and O–H groups in total. The molecule has 102 valence electrons. The molecule has 3 aliphatic carbocycles. The Bertz CT molecular complexity index is 351. The fourth-order valence-electron chi connectivity index (χ4n) is 4.44. The molecule has 0 aromatic carbocycles. The van der Waals surface area contributed by atoms with Crippen LogP contribution in [0.2, 0.25) is 0 Å². The highest BCUT2D eigenvalue weighted by Crippen LogP contribution is 2.58. The number of alkyl halides is 3. The molecule has 0 spiro atoms. The molecule has 0 aromatic heterocycles. The summed E-state index contributed by atoms with van der Waals surface area (Å²) in [6.07, 6.45) is -2.18. The van der Waals surface area contributed by atoms with E-state index in [4.69, 9.17) is 5.73 Å². The number of fused-ring (bicyclic) bond motifs is 5. The van der Waals surface area contributed by atoms with Crippen LogP contribution in [0.15, 0.2) is 0 Å². The zero-order valence-corrected chi connectivity index (χ0v) is 9.82. The Morgan fingerprint density at radius 3 is 2.00 bits per heavy atom. The molecule has 6 heteroatoms. The minimum Gasteiger partial charge on any atom is -0.456 e. The van der Waals surface area contributed by atoms with Crippen molar-refractivity contribution in [3.63, 3.8) is 0 Å². The predicted octanol–water partition coefficient (Wildman–Crippen LogP) is 1.85. The first-order valence-electron chi connectivity index (χ1n) is 6.41. The second-order valence-corrected chi connectivity index (χ2v) is 5.81. The van der Waals surface area contributed by atoms with E-state index >= 15 is 0 Å². The fourth-order valence-corrected chi connectivity index (χ4v) is 4.44. The van der Waals surface area contributed by atoms with Crippen LogP contribution in [-0.4, -0.2) is 24.3 Å². The van der Waals surface area contributed by atoms with Gasteiger partial charge in [0.15, 0.2) is 0 Å². The van der Waals surface area contributed by atoms with E-state index in [0.29, 0.717) is 36.5 Å². The van der Waals surface area contributed by atoms with Crippen LogP contribution in [0.4, 0.5) is 13.2 Å². The number of rotatable bonds is 1. The molecule has 0 aromatic rings. The second kappa shape index (κ2) is 3.85. The first-order chi connectivity index (χ1) is 8.38. The largest absolute Gasteiger partial charge is 0.490 e. The highest BCUT2D eigenvalue weighted by atomic mass is 19.4. The minimum absolute atomic E-state index is 0.208. The van der Waals surface area contributed by atoms with Gasteiger partial charge in [-0.2, -0.15) is 13.2 Å². The number of halogens is 3. The van der Waals surface area contributed by atoms with Gasteiger partial charge < -0.3 is 10.5 Å². The summed E-state index contributed by atoms with van der Waals surface area (Å²) in [7, 11) is 0. The zero-order valence-electron chi connectivity index (χ0n) is 9.82. The minimum atomic E-state index is -4.88. The smallest absolute Gasteiger partial charge is 0.456 e. The third-order valence-electron chi connectivity index (χ3n) is 5.05. The first-order valence-corrected chi connectivity index (χ1v) is 6.41. The maximum Gasteiger partial charge on any atom is 0.490 e. The Balaban J connectivity index is 1.63. The Morgan fingerprint density at radius 2 is 1.56 bits per heavy atom. The van der Waals surface area contributed by atoms with Gasteiger partial charge in [0.1, 0.15) is 6.10 Å². The lowest BCUT2D eigenvalue weighted by atomic mass is 9.82. The van der Waals surface area contributed by atoms with Crippen molar-refractivity contribution < 1.29 is 22.7 Å². The van der Waals surface area contributed by atoms with Crippen molar-refractivity contribution in [2.45, 2.75) is 44.0 Å². The molecule has 4 atom stereocenters. The number of nitrogens with two attached hydrogens (primary N) is 1. The van der Waals surface area contributed by atoms with Gasteiger partial charge in [-0.15, -0.1) is 0 Å². The van der Waals surface area contributed by atoms with E-state index in [1.54, 1.807) is 0 Å². The molecule has 2 bridgehead atoms. The van der Waals surface area contributed by atoms with Gasteiger partial charge in [0.05, 0.1) is 0 Å². The number of esters is 1.